The second-order valence-electron chi connectivity index (χ2n) is 6.32. The molecular formula is C19H18N4O3S2. The number of hydrogen-bond acceptors (Lipinski definition) is 8. The summed E-state index contributed by atoms with van der Waals surface area (Å²) < 4.78 is 11.2. The highest BCUT2D eigenvalue weighted by molar-refractivity contribution is 7.99. The average Bonchev–Trinajstić information content (AvgIpc) is 3.17. The van der Waals surface area contributed by atoms with Gasteiger partial charge in [-0.2, -0.15) is 0 Å². The number of hydrogen-bond donors (Lipinski definition) is 1. The lowest BCUT2D eigenvalue weighted by molar-refractivity contribution is 0.102. The zero-order chi connectivity index (χ0) is 19.5. The molecule has 0 saturated heterocycles. The summed E-state index contributed by atoms with van der Waals surface area (Å²) in [5.41, 5.74) is 0.476. The Morgan fingerprint density at radius 3 is 2.79 bits per heavy atom. The maximum atomic E-state index is 12.8. The van der Waals surface area contributed by atoms with Crippen LogP contribution in [-0.2, 0) is 0 Å². The molecule has 0 aliphatic carbocycles. The fourth-order valence-electron chi connectivity index (χ4n) is 2.53. The highest BCUT2D eigenvalue weighted by Crippen LogP contribution is 2.37. The van der Waals surface area contributed by atoms with E-state index in [2.05, 4.69) is 20.5 Å². The summed E-state index contributed by atoms with van der Waals surface area (Å²) in [6.45, 7) is 5.15. The van der Waals surface area contributed by atoms with Gasteiger partial charge < -0.3 is 9.47 Å². The Hall–Kier alpha value is -2.65. The van der Waals surface area contributed by atoms with Gasteiger partial charge in [0.1, 0.15) is 23.2 Å². The van der Waals surface area contributed by atoms with Gasteiger partial charge in [-0.05, 0) is 30.3 Å². The standard InChI is InChI=1S/C19H18N4O3S2/c1-11(2)17-22-23-19(28-17)21-16(24)13-4-3-7-20-18(13)27-12-5-6-14-15(10-12)26-9-8-25-14/h3-7,10-11H,8-9H2,1-2H3,(H,21,23,24). The van der Waals surface area contributed by atoms with E-state index in [1.807, 2.05) is 32.0 Å². The molecule has 0 saturated carbocycles. The van der Waals surface area contributed by atoms with Crippen molar-refractivity contribution in [2.24, 2.45) is 0 Å². The number of carbonyl (C=O) groups is 1. The second-order valence-corrected chi connectivity index (χ2v) is 8.39. The molecule has 1 aliphatic heterocycles. The Morgan fingerprint density at radius 1 is 1.18 bits per heavy atom. The van der Waals surface area contributed by atoms with Gasteiger partial charge in [-0.3, -0.25) is 10.1 Å². The highest BCUT2D eigenvalue weighted by Gasteiger charge is 2.18. The fraction of sp³-hybridized carbons (Fsp3) is 0.263. The van der Waals surface area contributed by atoms with Crippen molar-refractivity contribution in [3.63, 3.8) is 0 Å². The summed E-state index contributed by atoms with van der Waals surface area (Å²) in [4.78, 5) is 18.1. The maximum Gasteiger partial charge on any atom is 0.260 e. The lowest BCUT2D eigenvalue weighted by Crippen LogP contribution is -2.15. The van der Waals surface area contributed by atoms with Crippen LogP contribution in [0.15, 0.2) is 46.5 Å². The van der Waals surface area contributed by atoms with Gasteiger partial charge in [-0.25, -0.2) is 4.98 Å². The van der Waals surface area contributed by atoms with Crippen molar-refractivity contribution in [1.29, 1.82) is 0 Å². The van der Waals surface area contributed by atoms with Crippen molar-refractivity contribution in [2.45, 2.75) is 29.7 Å². The molecule has 0 radical (unpaired) electrons. The first-order valence-corrected chi connectivity index (χ1v) is 10.4. The third kappa shape index (κ3) is 4.10. The number of rotatable bonds is 5. The number of aromatic nitrogens is 3. The van der Waals surface area contributed by atoms with E-state index in [9.17, 15) is 4.79 Å². The van der Waals surface area contributed by atoms with E-state index in [-0.39, 0.29) is 11.8 Å². The van der Waals surface area contributed by atoms with Gasteiger partial charge in [-0.1, -0.05) is 36.9 Å². The number of anilines is 1. The summed E-state index contributed by atoms with van der Waals surface area (Å²) in [5, 5.41) is 12.9. The minimum atomic E-state index is -0.264. The summed E-state index contributed by atoms with van der Waals surface area (Å²) in [6, 6.07) is 9.17. The van der Waals surface area contributed by atoms with Crippen LogP contribution in [0.3, 0.4) is 0 Å². The molecule has 0 unspecified atom stereocenters. The Kier molecular flexibility index (Phi) is 5.45. The molecule has 7 nitrogen and oxygen atoms in total. The van der Waals surface area contributed by atoms with E-state index in [4.69, 9.17) is 9.47 Å². The first-order valence-electron chi connectivity index (χ1n) is 8.77. The van der Waals surface area contributed by atoms with Crippen molar-refractivity contribution in [3.8, 4) is 11.5 Å². The zero-order valence-electron chi connectivity index (χ0n) is 15.3. The molecule has 0 atom stereocenters. The van der Waals surface area contributed by atoms with Gasteiger partial charge in [0, 0.05) is 17.0 Å². The maximum absolute atomic E-state index is 12.8. The van der Waals surface area contributed by atoms with Crippen molar-refractivity contribution in [3.05, 3.63) is 47.1 Å². The number of carbonyl (C=O) groups excluding carboxylic acids is 1. The van der Waals surface area contributed by atoms with Crippen LogP contribution in [0.1, 0.15) is 35.1 Å². The van der Waals surface area contributed by atoms with Gasteiger partial charge in [0.15, 0.2) is 11.5 Å². The largest absolute Gasteiger partial charge is 0.486 e. The van der Waals surface area contributed by atoms with E-state index in [0.717, 1.165) is 15.7 Å². The van der Waals surface area contributed by atoms with Crippen LogP contribution in [-0.4, -0.2) is 34.3 Å². The van der Waals surface area contributed by atoms with E-state index in [0.29, 0.717) is 34.7 Å². The van der Waals surface area contributed by atoms with Crippen LogP contribution in [0.2, 0.25) is 0 Å². The molecule has 1 aliphatic rings. The number of nitrogens with one attached hydrogen (secondary N) is 1. The quantitative estimate of drug-likeness (QED) is 0.668. The number of ether oxygens (including phenoxy) is 2. The molecule has 3 heterocycles. The molecule has 4 rings (SSSR count). The predicted octanol–water partition coefficient (Wildman–Crippen LogP) is 4.23. The van der Waals surface area contributed by atoms with Crippen LogP contribution < -0.4 is 14.8 Å². The monoisotopic (exact) mass is 414 g/mol. The normalized spacial score (nSPS) is 12.8. The van der Waals surface area contributed by atoms with Crippen LogP contribution in [0.25, 0.3) is 0 Å². The first-order chi connectivity index (χ1) is 13.6. The van der Waals surface area contributed by atoms with Gasteiger partial charge in [0.2, 0.25) is 5.13 Å². The third-order valence-corrected chi connectivity index (χ3v) is 6.05. The number of pyridine rings is 1. The van der Waals surface area contributed by atoms with E-state index >= 15 is 0 Å². The summed E-state index contributed by atoms with van der Waals surface area (Å²) in [5.74, 6) is 1.43. The molecule has 0 bridgehead atoms. The predicted molar refractivity (Wildman–Crippen MR) is 108 cm³/mol. The highest BCUT2D eigenvalue weighted by atomic mass is 32.2. The minimum absolute atomic E-state index is 0.264. The Morgan fingerprint density at radius 2 is 2.00 bits per heavy atom. The lowest BCUT2D eigenvalue weighted by atomic mass is 10.2. The van der Waals surface area contributed by atoms with Crippen LogP contribution in [0.5, 0.6) is 11.5 Å². The summed E-state index contributed by atoms with van der Waals surface area (Å²) in [7, 11) is 0. The van der Waals surface area contributed by atoms with Gasteiger partial charge in [0.05, 0.1) is 5.56 Å². The molecule has 9 heteroatoms. The minimum Gasteiger partial charge on any atom is -0.486 e. The van der Waals surface area contributed by atoms with Crippen molar-refractivity contribution < 1.29 is 14.3 Å². The van der Waals surface area contributed by atoms with Gasteiger partial charge in [0.25, 0.3) is 5.91 Å². The topological polar surface area (TPSA) is 86.2 Å². The Balaban J connectivity index is 1.54. The number of nitrogens with zero attached hydrogens (tertiary/aromatic N) is 3. The molecule has 0 spiro atoms. The zero-order valence-corrected chi connectivity index (χ0v) is 17.0. The van der Waals surface area contributed by atoms with E-state index < -0.39 is 0 Å². The van der Waals surface area contributed by atoms with E-state index in [1.165, 1.54) is 23.1 Å². The number of amides is 1. The molecule has 3 aromatic rings. The van der Waals surface area contributed by atoms with Crippen LogP contribution in [0, 0.1) is 0 Å². The first kappa shape index (κ1) is 18.7. The van der Waals surface area contributed by atoms with Crippen molar-refractivity contribution >= 4 is 34.1 Å². The lowest BCUT2D eigenvalue weighted by Gasteiger charge is -2.18. The second kappa shape index (κ2) is 8.15. The van der Waals surface area contributed by atoms with Gasteiger partial charge in [-0.15, -0.1) is 10.2 Å². The van der Waals surface area contributed by atoms with Gasteiger partial charge >= 0.3 is 0 Å². The number of fused-ring (bicyclic) bond motifs is 1. The molecule has 1 N–H and O–H groups in total. The molecule has 144 valence electrons. The molecule has 1 amide bonds. The molecule has 1 aromatic carbocycles. The molecule has 0 fully saturated rings. The summed E-state index contributed by atoms with van der Waals surface area (Å²) in [6.07, 6.45) is 1.67. The molecule has 28 heavy (non-hydrogen) atoms. The number of benzene rings is 1. The third-order valence-electron chi connectivity index (χ3n) is 3.90. The smallest absolute Gasteiger partial charge is 0.260 e. The SMILES string of the molecule is CC(C)c1nnc(NC(=O)c2cccnc2Sc2ccc3c(c2)OCCO3)s1. The van der Waals surface area contributed by atoms with Crippen LogP contribution >= 0.6 is 23.1 Å². The Bertz CT molecular complexity index is 1010. The molecule has 2 aromatic heterocycles. The van der Waals surface area contributed by atoms with E-state index in [1.54, 1.807) is 18.3 Å². The van der Waals surface area contributed by atoms with Crippen molar-refractivity contribution in [2.75, 3.05) is 18.5 Å². The average molecular weight is 415 g/mol. The fourth-order valence-corrected chi connectivity index (χ4v) is 4.18. The Labute approximate surface area is 170 Å². The summed E-state index contributed by atoms with van der Waals surface area (Å²) >= 11 is 2.77. The van der Waals surface area contributed by atoms with Crippen molar-refractivity contribution in [1.82, 2.24) is 15.2 Å². The molecular weight excluding hydrogens is 396 g/mol. The van der Waals surface area contributed by atoms with Crippen LogP contribution in [0.4, 0.5) is 5.13 Å².